The lowest BCUT2D eigenvalue weighted by atomic mass is 10.1. The summed E-state index contributed by atoms with van der Waals surface area (Å²) < 4.78 is 1.88. The van der Waals surface area contributed by atoms with E-state index in [1.807, 2.05) is 36.0 Å². The van der Waals surface area contributed by atoms with Crippen molar-refractivity contribution in [3.05, 3.63) is 71.7 Å². The Bertz CT molecular complexity index is 949. The number of benzene rings is 1. The van der Waals surface area contributed by atoms with Crippen LogP contribution in [0.25, 0.3) is 5.69 Å². The van der Waals surface area contributed by atoms with Crippen LogP contribution in [0.2, 0.25) is 0 Å². The van der Waals surface area contributed by atoms with Crippen LogP contribution in [0.1, 0.15) is 16.8 Å². The summed E-state index contributed by atoms with van der Waals surface area (Å²) >= 11 is 0. The van der Waals surface area contributed by atoms with E-state index < -0.39 is 0 Å². The van der Waals surface area contributed by atoms with Crippen molar-refractivity contribution in [1.82, 2.24) is 19.7 Å². The van der Waals surface area contributed by atoms with Gasteiger partial charge in [-0.15, -0.1) is 0 Å². The smallest absolute Gasteiger partial charge is 0.146 e. The van der Waals surface area contributed by atoms with E-state index in [0.29, 0.717) is 5.56 Å². The molecule has 1 fully saturated rings. The van der Waals surface area contributed by atoms with Gasteiger partial charge < -0.3 is 4.90 Å². The molecule has 0 aliphatic carbocycles. The summed E-state index contributed by atoms with van der Waals surface area (Å²) in [5.41, 5.74) is 3.96. The Morgan fingerprint density at radius 3 is 2.67 bits per heavy atom. The lowest BCUT2D eigenvalue weighted by Gasteiger charge is -2.35. The third-order valence-corrected chi connectivity index (χ3v) is 4.89. The van der Waals surface area contributed by atoms with Crippen LogP contribution in [0.4, 0.5) is 5.82 Å². The van der Waals surface area contributed by atoms with Crippen molar-refractivity contribution in [2.75, 3.05) is 31.1 Å². The van der Waals surface area contributed by atoms with Crippen molar-refractivity contribution >= 4 is 5.82 Å². The van der Waals surface area contributed by atoms with Gasteiger partial charge in [0.25, 0.3) is 0 Å². The van der Waals surface area contributed by atoms with E-state index in [4.69, 9.17) is 0 Å². The van der Waals surface area contributed by atoms with Gasteiger partial charge in [0.2, 0.25) is 0 Å². The molecule has 2 aromatic heterocycles. The first-order valence-electron chi connectivity index (χ1n) is 9.17. The van der Waals surface area contributed by atoms with Crippen LogP contribution in [-0.4, -0.2) is 45.8 Å². The normalized spacial score (nSPS) is 14.9. The molecule has 0 amide bonds. The molecule has 1 aliphatic heterocycles. The maximum absolute atomic E-state index is 9.36. The molecular weight excluding hydrogens is 336 g/mol. The maximum atomic E-state index is 9.36. The summed E-state index contributed by atoms with van der Waals surface area (Å²) in [4.78, 5) is 9.26. The van der Waals surface area contributed by atoms with Crippen LogP contribution in [0.5, 0.6) is 0 Å². The summed E-state index contributed by atoms with van der Waals surface area (Å²) in [5.74, 6) is 0.817. The Morgan fingerprint density at radius 1 is 1.07 bits per heavy atom. The van der Waals surface area contributed by atoms with Crippen LogP contribution in [-0.2, 0) is 6.54 Å². The molecule has 0 atom stereocenters. The number of piperazine rings is 1. The van der Waals surface area contributed by atoms with Gasteiger partial charge in [0.15, 0.2) is 0 Å². The number of aryl methyl sites for hydroxylation is 1. The number of rotatable bonds is 4. The van der Waals surface area contributed by atoms with Gasteiger partial charge in [0.05, 0.1) is 11.3 Å². The van der Waals surface area contributed by atoms with Crippen molar-refractivity contribution in [2.24, 2.45) is 0 Å². The van der Waals surface area contributed by atoms with Crippen LogP contribution < -0.4 is 4.90 Å². The fourth-order valence-electron chi connectivity index (χ4n) is 3.47. The molecule has 3 heterocycles. The molecule has 3 aromatic rings. The van der Waals surface area contributed by atoms with Gasteiger partial charge in [-0.25, -0.2) is 9.67 Å². The molecule has 27 heavy (non-hydrogen) atoms. The van der Waals surface area contributed by atoms with Crippen molar-refractivity contribution < 1.29 is 0 Å². The first-order valence-corrected chi connectivity index (χ1v) is 9.17. The zero-order chi connectivity index (χ0) is 18.6. The Kier molecular flexibility index (Phi) is 4.86. The van der Waals surface area contributed by atoms with E-state index in [0.717, 1.165) is 49.9 Å². The molecule has 6 heteroatoms. The average molecular weight is 358 g/mol. The predicted octanol–water partition coefficient (Wildman–Crippen LogP) is 2.77. The summed E-state index contributed by atoms with van der Waals surface area (Å²) in [6, 6.07) is 16.5. The fraction of sp³-hybridized carbons (Fsp3) is 0.286. The fourth-order valence-corrected chi connectivity index (χ4v) is 3.47. The van der Waals surface area contributed by atoms with Crippen molar-refractivity contribution in [1.29, 1.82) is 5.26 Å². The van der Waals surface area contributed by atoms with E-state index >= 15 is 0 Å². The number of anilines is 1. The minimum absolute atomic E-state index is 0.654. The molecule has 0 unspecified atom stereocenters. The summed E-state index contributed by atoms with van der Waals surface area (Å²) in [6.07, 6.45) is 3.75. The average Bonchev–Trinajstić information content (AvgIpc) is 3.24. The number of nitrogens with zero attached hydrogens (tertiary/aromatic N) is 6. The van der Waals surface area contributed by atoms with E-state index in [-0.39, 0.29) is 0 Å². The van der Waals surface area contributed by atoms with Gasteiger partial charge in [-0.3, -0.25) is 4.90 Å². The number of pyridine rings is 1. The first-order chi connectivity index (χ1) is 13.2. The third kappa shape index (κ3) is 3.83. The van der Waals surface area contributed by atoms with Crippen molar-refractivity contribution in [2.45, 2.75) is 13.5 Å². The highest BCUT2D eigenvalue weighted by Gasteiger charge is 2.20. The van der Waals surface area contributed by atoms with Crippen LogP contribution in [0.15, 0.2) is 54.9 Å². The van der Waals surface area contributed by atoms with E-state index in [1.54, 1.807) is 6.20 Å². The monoisotopic (exact) mass is 358 g/mol. The van der Waals surface area contributed by atoms with Gasteiger partial charge >= 0.3 is 0 Å². The Labute approximate surface area is 159 Å². The molecule has 0 bridgehead atoms. The molecule has 0 saturated carbocycles. The molecular formula is C21H22N6. The molecule has 0 N–H and O–H groups in total. The zero-order valence-corrected chi connectivity index (χ0v) is 15.4. The van der Waals surface area contributed by atoms with E-state index in [1.165, 1.54) is 5.56 Å². The van der Waals surface area contributed by atoms with Crippen LogP contribution in [0.3, 0.4) is 0 Å². The number of hydrogen-bond acceptors (Lipinski definition) is 5. The first kappa shape index (κ1) is 17.3. The largest absolute Gasteiger partial charge is 0.353 e. The molecule has 1 aromatic carbocycles. The second-order valence-corrected chi connectivity index (χ2v) is 6.82. The van der Waals surface area contributed by atoms with Crippen molar-refractivity contribution in [3.63, 3.8) is 0 Å². The second kappa shape index (κ2) is 7.60. The molecule has 1 saturated heterocycles. The Balaban J connectivity index is 1.41. The van der Waals surface area contributed by atoms with Gasteiger partial charge in [0, 0.05) is 50.8 Å². The lowest BCUT2D eigenvalue weighted by molar-refractivity contribution is 0.249. The highest BCUT2D eigenvalue weighted by Crippen LogP contribution is 2.20. The van der Waals surface area contributed by atoms with E-state index in [2.05, 4.69) is 50.2 Å². The third-order valence-electron chi connectivity index (χ3n) is 4.89. The van der Waals surface area contributed by atoms with Gasteiger partial charge in [-0.05, 0) is 42.8 Å². The minimum atomic E-state index is 0.654. The van der Waals surface area contributed by atoms with Gasteiger partial charge in [0.1, 0.15) is 11.9 Å². The van der Waals surface area contributed by atoms with Crippen LogP contribution >= 0.6 is 0 Å². The quantitative estimate of drug-likeness (QED) is 0.718. The number of nitriles is 1. The Hall–Kier alpha value is -3.17. The number of hydrogen-bond donors (Lipinski definition) is 0. The second-order valence-electron chi connectivity index (χ2n) is 6.82. The topological polar surface area (TPSA) is 61.0 Å². The lowest BCUT2D eigenvalue weighted by Crippen LogP contribution is -2.46. The molecule has 4 rings (SSSR count). The molecule has 6 nitrogen and oxygen atoms in total. The summed E-state index contributed by atoms with van der Waals surface area (Å²) in [5, 5.41) is 13.7. The molecule has 1 aliphatic rings. The summed E-state index contributed by atoms with van der Waals surface area (Å²) in [6.45, 7) is 6.54. The predicted molar refractivity (Wildman–Crippen MR) is 105 cm³/mol. The molecule has 0 radical (unpaired) electrons. The standard InChI is InChI=1S/C21H22N6/c1-17-6-7-19(15-22)21(24-17)26-12-10-25(11-13-26)16-18-4-2-5-20(14-18)27-9-3-8-23-27/h2-9,14H,10-13,16H2,1H3. The SMILES string of the molecule is Cc1ccc(C#N)c(N2CCN(Cc3cccc(-n4cccn4)c3)CC2)n1. The Morgan fingerprint density at radius 2 is 1.93 bits per heavy atom. The number of aromatic nitrogens is 3. The summed E-state index contributed by atoms with van der Waals surface area (Å²) in [7, 11) is 0. The molecule has 136 valence electrons. The van der Waals surface area contributed by atoms with E-state index in [9.17, 15) is 5.26 Å². The highest BCUT2D eigenvalue weighted by molar-refractivity contribution is 5.54. The van der Waals surface area contributed by atoms with Gasteiger partial charge in [-0.2, -0.15) is 10.4 Å². The molecule has 0 spiro atoms. The zero-order valence-electron chi connectivity index (χ0n) is 15.4. The van der Waals surface area contributed by atoms with Crippen molar-refractivity contribution in [3.8, 4) is 11.8 Å². The highest BCUT2D eigenvalue weighted by atomic mass is 15.3. The van der Waals surface area contributed by atoms with Gasteiger partial charge in [-0.1, -0.05) is 12.1 Å². The maximum Gasteiger partial charge on any atom is 0.146 e. The van der Waals surface area contributed by atoms with Crippen LogP contribution in [0, 0.1) is 18.3 Å². The minimum Gasteiger partial charge on any atom is -0.353 e.